The minimum absolute atomic E-state index is 0.0145. The molecule has 6 heteroatoms. The molecule has 0 saturated heterocycles. The van der Waals surface area contributed by atoms with E-state index in [1.165, 1.54) is 18.2 Å². The molecular formula is C10H11BrF3NO. The first-order valence-corrected chi connectivity index (χ1v) is 5.24. The van der Waals surface area contributed by atoms with Gasteiger partial charge in [0, 0.05) is 18.1 Å². The van der Waals surface area contributed by atoms with Crippen molar-refractivity contribution in [2.75, 3.05) is 13.7 Å². The summed E-state index contributed by atoms with van der Waals surface area (Å²) in [6.45, 7) is -0.663. The second-order valence-electron chi connectivity index (χ2n) is 3.24. The van der Waals surface area contributed by atoms with Crippen molar-refractivity contribution in [3.05, 3.63) is 34.3 Å². The van der Waals surface area contributed by atoms with Gasteiger partial charge in [-0.1, -0.05) is 28.1 Å². The van der Waals surface area contributed by atoms with Crippen molar-refractivity contribution in [3.63, 3.8) is 0 Å². The maximum atomic E-state index is 13.0. The number of rotatable bonds is 3. The normalized spacial score (nSPS) is 15.9. The first-order valence-electron chi connectivity index (χ1n) is 4.45. The molecule has 0 aromatic heterocycles. The highest BCUT2D eigenvalue weighted by atomic mass is 79.9. The topological polar surface area (TPSA) is 35.2 Å². The van der Waals surface area contributed by atoms with Gasteiger partial charge in [0.1, 0.15) is 0 Å². The number of ether oxygens (including phenoxy) is 1. The summed E-state index contributed by atoms with van der Waals surface area (Å²) < 4.78 is 44.1. The first kappa shape index (κ1) is 13.5. The van der Waals surface area contributed by atoms with Crippen LogP contribution in [-0.2, 0) is 10.3 Å². The Morgan fingerprint density at radius 1 is 1.38 bits per heavy atom. The molecule has 1 aromatic rings. The summed E-state index contributed by atoms with van der Waals surface area (Å²) in [5.41, 5.74) is 2.76. The van der Waals surface area contributed by atoms with E-state index < -0.39 is 18.3 Å². The largest absolute Gasteiger partial charge is 0.422 e. The van der Waals surface area contributed by atoms with E-state index >= 15 is 0 Å². The molecule has 0 radical (unpaired) electrons. The maximum absolute atomic E-state index is 13.0. The average Bonchev–Trinajstić information content (AvgIpc) is 2.18. The molecule has 0 aliphatic carbocycles. The highest BCUT2D eigenvalue weighted by Crippen LogP contribution is 2.41. The van der Waals surface area contributed by atoms with Crippen LogP contribution in [0.2, 0.25) is 0 Å². The lowest BCUT2D eigenvalue weighted by Crippen LogP contribution is -2.49. The van der Waals surface area contributed by atoms with E-state index in [2.05, 4.69) is 20.7 Å². The summed E-state index contributed by atoms with van der Waals surface area (Å²) >= 11 is 3.12. The maximum Gasteiger partial charge on any atom is 0.422 e. The fraction of sp³-hybridized carbons (Fsp3) is 0.400. The SMILES string of the molecule is COC(CN)(c1cccc(Br)c1)C(F)(F)F. The van der Waals surface area contributed by atoms with E-state index in [-0.39, 0.29) is 5.56 Å². The summed E-state index contributed by atoms with van der Waals surface area (Å²) in [4.78, 5) is 0. The molecule has 0 bridgehead atoms. The Hall–Kier alpha value is -0.590. The molecule has 0 saturated carbocycles. The molecule has 0 aliphatic rings. The number of benzene rings is 1. The van der Waals surface area contributed by atoms with Gasteiger partial charge in [-0.05, 0) is 17.7 Å². The monoisotopic (exact) mass is 297 g/mol. The number of hydrogen-bond acceptors (Lipinski definition) is 2. The van der Waals surface area contributed by atoms with Crippen molar-refractivity contribution >= 4 is 15.9 Å². The van der Waals surface area contributed by atoms with Crippen molar-refractivity contribution in [2.45, 2.75) is 11.8 Å². The zero-order chi connectivity index (χ0) is 12.4. The van der Waals surface area contributed by atoms with Gasteiger partial charge in [-0.25, -0.2) is 0 Å². The van der Waals surface area contributed by atoms with Crippen molar-refractivity contribution in [1.29, 1.82) is 0 Å². The minimum Gasteiger partial charge on any atom is -0.363 e. The van der Waals surface area contributed by atoms with Crippen LogP contribution in [0, 0.1) is 0 Å². The van der Waals surface area contributed by atoms with Crippen molar-refractivity contribution in [3.8, 4) is 0 Å². The summed E-state index contributed by atoms with van der Waals surface area (Å²) in [7, 11) is 1.00. The van der Waals surface area contributed by atoms with Crippen molar-refractivity contribution in [2.24, 2.45) is 5.73 Å². The second kappa shape index (κ2) is 4.73. The van der Waals surface area contributed by atoms with Gasteiger partial charge in [0.15, 0.2) is 0 Å². The number of methoxy groups -OCH3 is 1. The zero-order valence-electron chi connectivity index (χ0n) is 8.51. The standard InChI is InChI=1S/C10H11BrF3NO/c1-16-9(6-15,10(12,13)14)7-3-2-4-8(11)5-7/h2-5H,6,15H2,1H3. The number of hydrogen-bond donors (Lipinski definition) is 1. The van der Waals surface area contributed by atoms with Crippen LogP contribution < -0.4 is 5.73 Å². The number of nitrogens with two attached hydrogens (primary N) is 1. The van der Waals surface area contributed by atoms with Crippen LogP contribution in [0.1, 0.15) is 5.56 Å². The van der Waals surface area contributed by atoms with Crippen LogP contribution >= 0.6 is 15.9 Å². The third-order valence-corrected chi connectivity index (χ3v) is 2.88. The number of alkyl halides is 3. The third-order valence-electron chi connectivity index (χ3n) is 2.38. The van der Waals surface area contributed by atoms with Gasteiger partial charge in [-0.2, -0.15) is 13.2 Å². The molecule has 90 valence electrons. The summed E-state index contributed by atoms with van der Waals surface area (Å²) in [6, 6.07) is 5.84. The summed E-state index contributed by atoms with van der Waals surface area (Å²) in [5.74, 6) is 0. The Morgan fingerprint density at radius 3 is 2.38 bits per heavy atom. The van der Waals surface area contributed by atoms with Crippen LogP contribution in [0.25, 0.3) is 0 Å². The molecule has 0 fully saturated rings. The van der Waals surface area contributed by atoms with Crippen LogP contribution in [0.4, 0.5) is 13.2 Å². The van der Waals surface area contributed by atoms with Gasteiger partial charge in [0.2, 0.25) is 5.60 Å². The molecule has 1 unspecified atom stereocenters. The predicted octanol–water partition coefficient (Wildman–Crippen LogP) is 2.81. The minimum atomic E-state index is -4.56. The Kier molecular flexibility index (Phi) is 3.98. The quantitative estimate of drug-likeness (QED) is 0.931. The average molecular weight is 298 g/mol. The van der Waals surface area contributed by atoms with Crippen LogP contribution in [-0.4, -0.2) is 19.8 Å². The van der Waals surface area contributed by atoms with E-state index in [1.54, 1.807) is 6.07 Å². The molecule has 1 rings (SSSR count). The lowest BCUT2D eigenvalue weighted by atomic mass is 9.93. The zero-order valence-corrected chi connectivity index (χ0v) is 10.1. The lowest BCUT2D eigenvalue weighted by molar-refractivity contribution is -0.272. The predicted molar refractivity (Wildman–Crippen MR) is 57.9 cm³/mol. The highest BCUT2D eigenvalue weighted by Gasteiger charge is 2.55. The molecule has 1 aromatic carbocycles. The Morgan fingerprint density at radius 2 is 2.00 bits per heavy atom. The fourth-order valence-electron chi connectivity index (χ4n) is 1.45. The van der Waals surface area contributed by atoms with E-state index in [0.29, 0.717) is 4.47 Å². The molecule has 2 nitrogen and oxygen atoms in total. The Bertz CT molecular complexity index is 363. The van der Waals surface area contributed by atoms with Crippen LogP contribution in [0.3, 0.4) is 0 Å². The van der Waals surface area contributed by atoms with E-state index in [0.717, 1.165) is 7.11 Å². The van der Waals surface area contributed by atoms with E-state index in [9.17, 15) is 13.2 Å². The fourth-order valence-corrected chi connectivity index (χ4v) is 1.85. The summed E-state index contributed by atoms with van der Waals surface area (Å²) in [5, 5.41) is 0. The molecule has 16 heavy (non-hydrogen) atoms. The van der Waals surface area contributed by atoms with Gasteiger partial charge in [0.25, 0.3) is 0 Å². The second-order valence-corrected chi connectivity index (χ2v) is 4.16. The van der Waals surface area contributed by atoms with Gasteiger partial charge >= 0.3 is 6.18 Å². The Labute approximate surface area is 99.7 Å². The van der Waals surface area contributed by atoms with E-state index in [1.807, 2.05) is 0 Å². The molecule has 0 amide bonds. The van der Waals surface area contributed by atoms with Gasteiger partial charge in [-0.15, -0.1) is 0 Å². The third kappa shape index (κ3) is 2.23. The van der Waals surface area contributed by atoms with E-state index in [4.69, 9.17) is 5.73 Å². The molecule has 1 atom stereocenters. The smallest absolute Gasteiger partial charge is 0.363 e. The lowest BCUT2D eigenvalue weighted by Gasteiger charge is -2.33. The van der Waals surface area contributed by atoms with Crippen molar-refractivity contribution in [1.82, 2.24) is 0 Å². The van der Waals surface area contributed by atoms with Crippen LogP contribution in [0.15, 0.2) is 28.7 Å². The molecule has 0 aliphatic heterocycles. The molecule has 0 heterocycles. The van der Waals surface area contributed by atoms with Crippen LogP contribution in [0.5, 0.6) is 0 Å². The van der Waals surface area contributed by atoms with Gasteiger partial charge in [-0.3, -0.25) is 0 Å². The Balaban J connectivity index is 3.32. The molecule has 0 spiro atoms. The van der Waals surface area contributed by atoms with Gasteiger partial charge in [0.05, 0.1) is 0 Å². The first-order chi connectivity index (χ1) is 7.37. The van der Waals surface area contributed by atoms with Gasteiger partial charge < -0.3 is 10.5 Å². The highest BCUT2D eigenvalue weighted by molar-refractivity contribution is 9.10. The summed E-state index contributed by atoms with van der Waals surface area (Å²) in [6.07, 6.45) is -4.56. The molecule has 2 N–H and O–H groups in total. The molecular weight excluding hydrogens is 287 g/mol. The number of halogens is 4. The van der Waals surface area contributed by atoms with Crippen molar-refractivity contribution < 1.29 is 17.9 Å².